The van der Waals surface area contributed by atoms with Gasteiger partial charge in [0.05, 0.1) is 13.1 Å². The lowest BCUT2D eigenvalue weighted by atomic mass is 10.5. The summed E-state index contributed by atoms with van der Waals surface area (Å²) >= 11 is 0. The Bertz CT molecular complexity index is 702. The summed E-state index contributed by atoms with van der Waals surface area (Å²) in [5, 5.41) is 20.0. The van der Waals surface area contributed by atoms with Crippen LogP contribution in [0.2, 0.25) is 0 Å². The largest absolute Gasteiger partial charge is 0.368 e. The molecule has 0 saturated carbocycles. The highest BCUT2D eigenvalue weighted by Gasteiger charge is 2.16. The van der Waals surface area contributed by atoms with Crippen LogP contribution in [0.25, 0.3) is 5.65 Å². The second kappa shape index (κ2) is 5.66. The van der Waals surface area contributed by atoms with Gasteiger partial charge < -0.3 is 20.7 Å². The Morgan fingerprint density at radius 3 is 3.05 bits per heavy atom. The number of nitrogens with zero attached hydrogens (tertiary/aromatic N) is 4. The number of hydrogen-bond acceptors (Lipinski definition) is 6. The van der Waals surface area contributed by atoms with E-state index in [1.807, 2.05) is 0 Å². The molecule has 0 aliphatic rings. The van der Waals surface area contributed by atoms with Gasteiger partial charge in [0.2, 0.25) is 11.6 Å². The van der Waals surface area contributed by atoms with Gasteiger partial charge in [0.25, 0.3) is 0 Å². The molecule has 0 radical (unpaired) electrons. The zero-order valence-electron chi connectivity index (χ0n) is 10.2. The first-order chi connectivity index (χ1) is 9.61. The van der Waals surface area contributed by atoms with E-state index in [0.717, 1.165) is 10.7 Å². The third-order valence-electron chi connectivity index (χ3n) is 2.35. The van der Waals surface area contributed by atoms with E-state index in [0.29, 0.717) is 11.5 Å². The van der Waals surface area contributed by atoms with E-state index in [1.165, 1.54) is 0 Å². The van der Waals surface area contributed by atoms with Gasteiger partial charge in [-0.15, -0.1) is 6.42 Å². The number of amides is 1. The van der Waals surface area contributed by atoms with E-state index in [-0.39, 0.29) is 24.8 Å². The summed E-state index contributed by atoms with van der Waals surface area (Å²) < 4.78 is 1.08. The van der Waals surface area contributed by atoms with Crippen LogP contribution < -0.4 is 10.6 Å². The average molecular weight is 274 g/mol. The molecular weight excluding hydrogens is 264 g/mol. The Kier molecular flexibility index (Phi) is 3.76. The summed E-state index contributed by atoms with van der Waals surface area (Å²) in [5.74, 6) is 2.04. The quantitative estimate of drug-likeness (QED) is 0.443. The summed E-state index contributed by atoms with van der Waals surface area (Å²) in [7, 11) is 0. The molecule has 20 heavy (non-hydrogen) atoms. The van der Waals surface area contributed by atoms with Gasteiger partial charge in [0.1, 0.15) is 6.20 Å². The number of aromatic nitrogens is 3. The van der Waals surface area contributed by atoms with Gasteiger partial charge in [-0.05, 0) is 11.0 Å². The van der Waals surface area contributed by atoms with E-state index < -0.39 is 4.92 Å². The molecule has 1 amide bonds. The number of carbonyl (C=O) groups is 1. The summed E-state index contributed by atoms with van der Waals surface area (Å²) in [6, 6.07) is 3.13. The normalized spacial score (nSPS) is 9.95. The fourth-order valence-electron chi connectivity index (χ4n) is 1.46. The van der Waals surface area contributed by atoms with E-state index in [2.05, 4.69) is 26.6 Å². The van der Waals surface area contributed by atoms with E-state index >= 15 is 0 Å². The van der Waals surface area contributed by atoms with Crippen molar-refractivity contribution in [3.63, 3.8) is 0 Å². The topological polar surface area (TPSA) is 114 Å². The number of fused-ring (bicyclic) bond motifs is 1. The minimum atomic E-state index is -0.587. The highest BCUT2D eigenvalue weighted by atomic mass is 16.6. The summed E-state index contributed by atoms with van der Waals surface area (Å²) in [4.78, 5) is 25.4. The van der Waals surface area contributed by atoms with Gasteiger partial charge in [0, 0.05) is 6.07 Å². The zero-order valence-corrected chi connectivity index (χ0v) is 10.2. The molecule has 0 spiro atoms. The number of nitrogens with one attached hydrogen (secondary N) is 2. The molecule has 0 saturated heterocycles. The molecule has 9 nitrogen and oxygen atoms in total. The average Bonchev–Trinajstić information content (AvgIpc) is 2.86. The van der Waals surface area contributed by atoms with Crippen LogP contribution in [-0.2, 0) is 4.79 Å². The predicted octanol–water partition coefficient (Wildman–Crippen LogP) is -0.201. The van der Waals surface area contributed by atoms with Gasteiger partial charge in [0.15, 0.2) is 5.82 Å². The second-order valence-corrected chi connectivity index (χ2v) is 3.70. The van der Waals surface area contributed by atoms with Crippen molar-refractivity contribution in [2.45, 2.75) is 0 Å². The maximum Gasteiger partial charge on any atom is 0.368 e. The monoisotopic (exact) mass is 274 g/mol. The first-order valence-corrected chi connectivity index (χ1v) is 5.55. The molecule has 102 valence electrons. The van der Waals surface area contributed by atoms with Crippen LogP contribution >= 0.6 is 0 Å². The lowest BCUT2D eigenvalue weighted by Crippen LogP contribution is -2.30. The van der Waals surface area contributed by atoms with Crippen molar-refractivity contribution in [3.05, 3.63) is 28.4 Å². The number of terminal acetylenes is 1. The molecule has 2 N–H and O–H groups in total. The van der Waals surface area contributed by atoms with Crippen molar-refractivity contribution < 1.29 is 9.72 Å². The predicted molar refractivity (Wildman–Crippen MR) is 70.0 cm³/mol. The maximum absolute atomic E-state index is 11.3. The van der Waals surface area contributed by atoms with Crippen molar-refractivity contribution in [1.82, 2.24) is 19.9 Å². The smallest absolute Gasteiger partial charge is 0.358 e. The van der Waals surface area contributed by atoms with Crippen LogP contribution in [-0.4, -0.2) is 38.5 Å². The van der Waals surface area contributed by atoms with Gasteiger partial charge in [-0.3, -0.25) is 4.79 Å². The Balaban J connectivity index is 2.11. The number of imidazole rings is 1. The number of anilines is 1. The first kappa shape index (κ1) is 13.3. The van der Waals surface area contributed by atoms with Crippen molar-refractivity contribution in [2.75, 3.05) is 18.4 Å². The van der Waals surface area contributed by atoms with Gasteiger partial charge in [-0.2, -0.15) is 0 Å². The molecule has 0 atom stereocenters. The molecule has 0 aliphatic heterocycles. The van der Waals surface area contributed by atoms with E-state index in [4.69, 9.17) is 6.42 Å². The van der Waals surface area contributed by atoms with Crippen LogP contribution in [0, 0.1) is 22.5 Å². The Hall–Kier alpha value is -3.15. The summed E-state index contributed by atoms with van der Waals surface area (Å²) in [6.45, 7) is 0.0999. The molecule has 2 aromatic heterocycles. The van der Waals surface area contributed by atoms with Crippen LogP contribution in [0.4, 0.5) is 11.6 Å². The molecule has 2 rings (SSSR count). The first-order valence-electron chi connectivity index (χ1n) is 5.55. The third-order valence-corrected chi connectivity index (χ3v) is 2.35. The zero-order chi connectivity index (χ0) is 14.5. The third kappa shape index (κ3) is 2.81. The van der Waals surface area contributed by atoms with Crippen LogP contribution in [0.1, 0.15) is 0 Å². The number of nitro groups is 1. The van der Waals surface area contributed by atoms with Crippen molar-refractivity contribution in [1.29, 1.82) is 0 Å². The molecule has 0 unspecified atom stereocenters. The number of rotatable bonds is 5. The molecule has 9 heteroatoms. The van der Waals surface area contributed by atoms with Crippen molar-refractivity contribution in [3.8, 4) is 12.3 Å². The number of carbonyl (C=O) groups excluding carboxylic acids is 1. The van der Waals surface area contributed by atoms with Crippen LogP contribution in [0.3, 0.4) is 0 Å². The molecule has 0 aromatic carbocycles. The lowest BCUT2D eigenvalue weighted by molar-refractivity contribution is -0.391. The highest BCUT2D eigenvalue weighted by molar-refractivity contribution is 5.80. The van der Waals surface area contributed by atoms with Crippen molar-refractivity contribution in [2.24, 2.45) is 0 Å². The number of hydrogen-bond donors (Lipinski definition) is 2. The summed E-state index contributed by atoms with van der Waals surface area (Å²) in [6.07, 6.45) is 6.12. The molecule has 0 bridgehead atoms. The maximum atomic E-state index is 11.3. The standard InChI is InChI=1S/C11H10N6O3/c1-2-5-12-10(18)6-13-8-3-4-9-14-7-11(17(19)20)16(9)15-8/h1,3-4,7H,5-6H2,(H,12,18)(H,13,15). The molecule has 0 fully saturated rings. The SMILES string of the molecule is C#CCNC(=O)CNc1ccc2ncc([N+](=O)[O-])n2n1. The lowest BCUT2D eigenvalue weighted by Gasteiger charge is -2.03. The van der Waals surface area contributed by atoms with Crippen molar-refractivity contribution >= 4 is 23.2 Å². The van der Waals surface area contributed by atoms with Gasteiger partial charge >= 0.3 is 5.82 Å². The second-order valence-electron chi connectivity index (χ2n) is 3.70. The minimum absolute atomic E-state index is 0.0390. The van der Waals surface area contributed by atoms with Gasteiger partial charge in [-0.25, -0.2) is 4.98 Å². The van der Waals surface area contributed by atoms with Gasteiger partial charge in [-0.1, -0.05) is 15.5 Å². The Labute approximate surface area is 113 Å². The van der Waals surface area contributed by atoms with Crippen LogP contribution in [0.5, 0.6) is 0 Å². The Morgan fingerprint density at radius 1 is 1.55 bits per heavy atom. The fourth-order valence-corrected chi connectivity index (χ4v) is 1.46. The van der Waals surface area contributed by atoms with E-state index in [1.54, 1.807) is 12.1 Å². The Morgan fingerprint density at radius 2 is 2.35 bits per heavy atom. The molecule has 0 aliphatic carbocycles. The highest BCUT2D eigenvalue weighted by Crippen LogP contribution is 2.14. The molecule has 2 heterocycles. The molecular formula is C11H10N6O3. The summed E-state index contributed by atoms with van der Waals surface area (Å²) in [5.41, 5.74) is 0.346. The fraction of sp³-hybridized carbons (Fsp3) is 0.182. The van der Waals surface area contributed by atoms with Crippen LogP contribution in [0.15, 0.2) is 18.3 Å². The minimum Gasteiger partial charge on any atom is -0.358 e. The van der Waals surface area contributed by atoms with E-state index in [9.17, 15) is 14.9 Å². The molecule has 2 aromatic rings.